The van der Waals surface area contributed by atoms with Gasteiger partial charge in [0, 0.05) is 6.61 Å². The fourth-order valence-electron chi connectivity index (χ4n) is 1.38. The molecule has 0 bridgehead atoms. The third-order valence-electron chi connectivity index (χ3n) is 2.13. The predicted octanol–water partition coefficient (Wildman–Crippen LogP) is 2.62. The molecule has 0 aliphatic carbocycles. The second kappa shape index (κ2) is 5.94. The van der Waals surface area contributed by atoms with Gasteiger partial charge in [-0.3, -0.25) is 0 Å². The number of hydrogen-bond acceptors (Lipinski definition) is 1. The smallest absolute Gasteiger partial charge is 0.174 e. The van der Waals surface area contributed by atoms with Gasteiger partial charge >= 0.3 is 0 Å². The Hall–Kier alpha value is -0.603. The standard InChI is InChI=1S/C11H18OSi/c1-3-12-13(2)10-9-11-7-5-4-6-8-11/h4-8,13H,3,9-10H2,1-2H3. The molecule has 1 rings (SSSR count). The maximum atomic E-state index is 5.60. The van der Waals surface area contributed by atoms with E-state index in [4.69, 9.17) is 4.43 Å². The number of hydrogen-bond donors (Lipinski definition) is 0. The van der Waals surface area contributed by atoms with Crippen LogP contribution in [0.2, 0.25) is 12.6 Å². The molecule has 0 fully saturated rings. The van der Waals surface area contributed by atoms with Crippen molar-refractivity contribution in [1.29, 1.82) is 0 Å². The molecule has 0 aromatic heterocycles. The lowest BCUT2D eigenvalue weighted by molar-refractivity contribution is 0.345. The Bertz CT molecular complexity index is 223. The van der Waals surface area contributed by atoms with Gasteiger partial charge in [-0.1, -0.05) is 30.3 Å². The zero-order valence-corrected chi connectivity index (χ0v) is 9.65. The van der Waals surface area contributed by atoms with Crippen LogP contribution in [0.5, 0.6) is 0 Å². The van der Waals surface area contributed by atoms with Crippen LogP contribution in [-0.4, -0.2) is 15.6 Å². The van der Waals surface area contributed by atoms with Crippen molar-refractivity contribution in [1.82, 2.24) is 0 Å². The van der Waals surface area contributed by atoms with Gasteiger partial charge in [-0.25, -0.2) is 0 Å². The minimum Gasteiger partial charge on any atom is -0.421 e. The minimum atomic E-state index is -0.872. The SMILES string of the molecule is CCO[SiH](C)CCc1ccccc1. The molecule has 13 heavy (non-hydrogen) atoms. The molecule has 1 aromatic rings. The van der Waals surface area contributed by atoms with E-state index >= 15 is 0 Å². The summed E-state index contributed by atoms with van der Waals surface area (Å²) < 4.78 is 5.60. The van der Waals surface area contributed by atoms with Crippen LogP contribution in [0.3, 0.4) is 0 Å². The molecule has 0 spiro atoms. The van der Waals surface area contributed by atoms with Gasteiger partial charge in [0.25, 0.3) is 0 Å². The second-order valence-corrected chi connectivity index (χ2v) is 5.82. The molecule has 0 N–H and O–H groups in total. The molecule has 0 saturated carbocycles. The molecule has 1 unspecified atom stereocenters. The monoisotopic (exact) mass is 194 g/mol. The summed E-state index contributed by atoms with van der Waals surface area (Å²) >= 11 is 0. The number of aryl methyl sites for hydroxylation is 1. The summed E-state index contributed by atoms with van der Waals surface area (Å²) in [6, 6.07) is 11.9. The van der Waals surface area contributed by atoms with E-state index in [1.807, 2.05) is 0 Å². The fourth-order valence-corrected chi connectivity index (χ4v) is 2.86. The van der Waals surface area contributed by atoms with Crippen molar-refractivity contribution >= 4 is 9.04 Å². The summed E-state index contributed by atoms with van der Waals surface area (Å²) in [4.78, 5) is 0. The highest BCUT2D eigenvalue weighted by atomic mass is 28.3. The average Bonchev–Trinajstić information content (AvgIpc) is 2.17. The Balaban J connectivity index is 2.27. The van der Waals surface area contributed by atoms with Crippen LogP contribution < -0.4 is 0 Å². The van der Waals surface area contributed by atoms with Crippen molar-refractivity contribution in [2.75, 3.05) is 6.61 Å². The molecule has 0 amide bonds. The molecule has 0 radical (unpaired) electrons. The first-order valence-corrected chi connectivity index (χ1v) is 7.42. The maximum absolute atomic E-state index is 5.60. The summed E-state index contributed by atoms with van der Waals surface area (Å²) in [5.74, 6) is 0. The summed E-state index contributed by atoms with van der Waals surface area (Å²) in [6.45, 7) is 5.22. The molecular formula is C11H18OSi. The van der Waals surface area contributed by atoms with Crippen molar-refractivity contribution in [3.63, 3.8) is 0 Å². The number of benzene rings is 1. The number of rotatable bonds is 5. The van der Waals surface area contributed by atoms with Gasteiger partial charge in [-0.2, -0.15) is 0 Å². The Morgan fingerprint density at radius 1 is 1.23 bits per heavy atom. The summed E-state index contributed by atoms with van der Waals surface area (Å²) in [5.41, 5.74) is 1.43. The van der Waals surface area contributed by atoms with E-state index in [9.17, 15) is 0 Å². The zero-order chi connectivity index (χ0) is 9.52. The van der Waals surface area contributed by atoms with Crippen LogP contribution in [0, 0.1) is 0 Å². The van der Waals surface area contributed by atoms with Crippen LogP contribution in [0.15, 0.2) is 30.3 Å². The Labute approximate surface area is 82.5 Å². The van der Waals surface area contributed by atoms with E-state index in [1.54, 1.807) is 0 Å². The van der Waals surface area contributed by atoms with Gasteiger partial charge < -0.3 is 4.43 Å². The van der Waals surface area contributed by atoms with E-state index in [0.717, 1.165) is 6.61 Å². The van der Waals surface area contributed by atoms with E-state index in [1.165, 1.54) is 18.0 Å². The van der Waals surface area contributed by atoms with Gasteiger partial charge in [0.15, 0.2) is 9.04 Å². The lowest BCUT2D eigenvalue weighted by Gasteiger charge is -2.09. The fraction of sp³-hybridized carbons (Fsp3) is 0.455. The predicted molar refractivity (Wildman–Crippen MR) is 59.6 cm³/mol. The van der Waals surface area contributed by atoms with Crippen LogP contribution in [0.1, 0.15) is 12.5 Å². The molecule has 1 aromatic carbocycles. The average molecular weight is 194 g/mol. The Kier molecular flexibility index (Phi) is 4.79. The molecule has 0 aliphatic heterocycles. The third kappa shape index (κ3) is 4.25. The highest BCUT2D eigenvalue weighted by molar-refractivity contribution is 6.50. The van der Waals surface area contributed by atoms with Crippen LogP contribution in [0.4, 0.5) is 0 Å². The highest BCUT2D eigenvalue weighted by Gasteiger charge is 2.03. The normalized spacial score (nSPS) is 12.8. The first-order valence-electron chi connectivity index (χ1n) is 4.98. The molecular weight excluding hydrogens is 176 g/mol. The minimum absolute atomic E-state index is 0.872. The summed E-state index contributed by atoms with van der Waals surface area (Å²) in [6.07, 6.45) is 1.17. The Morgan fingerprint density at radius 3 is 2.54 bits per heavy atom. The Morgan fingerprint density at radius 2 is 1.92 bits per heavy atom. The molecule has 0 aliphatic rings. The van der Waals surface area contributed by atoms with E-state index in [0.29, 0.717) is 0 Å². The molecule has 1 atom stereocenters. The topological polar surface area (TPSA) is 9.23 Å². The van der Waals surface area contributed by atoms with E-state index in [2.05, 4.69) is 43.8 Å². The van der Waals surface area contributed by atoms with Crippen molar-refractivity contribution in [3.05, 3.63) is 35.9 Å². The highest BCUT2D eigenvalue weighted by Crippen LogP contribution is 2.05. The first kappa shape index (κ1) is 10.5. The van der Waals surface area contributed by atoms with Crippen LogP contribution in [-0.2, 0) is 10.8 Å². The van der Waals surface area contributed by atoms with E-state index in [-0.39, 0.29) is 0 Å². The molecule has 0 saturated heterocycles. The van der Waals surface area contributed by atoms with Crippen molar-refractivity contribution in [2.24, 2.45) is 0 Å². The summed E-state index contributed by atoms with van der Waals surface area (Å²) in [5, 5.41) is 0. The third-order valence-corrected chi connectivity index (χ3v) is 4.14. The van der Waals surface area contributed by atoms with Gasteiger partial charge in [0.1, 0.15) is 0 Å². The lowest BCUT2D eigenvalue weighted by atomic mass is 10.2. The van der Waals surface area contributed by atoms with Crippen LogP contribution in [0.25, 0.3) is 0 Å². The van der Waals surface area contributed by atoms with Crippen molar-refractivity contribution in [2.45, 2.75) is 25.9 Å². The maximum Gasteiger partial charge on any atom is 0.174 e. The van der Waals surface area contributed by atoms with Gasteiger partial charge in [0.2, 0.25) is 0 Å². The van der Waals surface area contributed by atoms with E-state index < -0.39 is 9.04 Å². The van der Waals surface area contributed by atoms with Gasteiger partial charge in [-0.15, -0.1) is 0 Å². The molecule has 0 heterocycles. The van der Waals surface area contributed by atoms with Gasteiger partial charge in [0.05, 0.1) is 0 Å². The summed E-state index contributed by atoms with van der Waals surface area (Å²) in [7, 11) is -0.872. The van der Waals surface area contributed by atoms with Gasteiger partial charge in [-0.05, 0) is 31.5 Å². The zero-order valence-electron chi connectivity index (χ0n) is 8.49. The van der Waals surface area contributed by atoms with Crippen molar-refractivity contribution < 1.29 is 4.43 Å². The van der Waals surface area contributed by atoms with Crippen LogP contribution >= 0.6 is 0 Å². The quantitative estimate of drug-likeness (QED) is 0.655. The molecule has 72 valence electrons. The second-order valence-electron chi connectivity index (χ2n) is 3.29. The lowest BCUT2D eigenvalue weighted by Crippen LogP contribution is -2.13. The first-order chi connectivity index (χ1) is 6.33. The van der Waals surface area contributed by atoms with Crippen molar-refractivity contribution in [3.8, 4) is 0 Å². The molecule has 2 heteroatoms. The largest absolute Gasteiger partial charge is 0.421 e. The molecule has 1 nitrogen and oxygen atoms in total.